The van der Waals surface area contributed by atoms with Crippen molar-refractivity contribution >= 4 is 28.8 Å². The summed E-state index contributed by atoms with van der Waals surface area (Å²) in [6.45, 7) is 3.14. The molecule has 7 nitrogen and oxygen atoms in total. The fraction of sp³-hybridized carbons (Fsp3) is 0.318. The maximum absolute atomic E-state index is 12.9. The van der Waals surface area contributed by atoms with E-state index in [4.69, 9.17) is 9.57 Å². The minimum atomic E-state index is -4.44. The highest BCUT2D eigenvalue weighted by Crippen LogP contribution is 2.31. The monoisotopic (exact) mass is 447 g/mol. The Bertz CT molecular complexity index is 1110. The second-order valence-electron chi connectivity index (χ2n) is 7.02. The zero-order valence-electron chi connectivity index (χ0n) is 18.0. The molecule has 0 fully saturated rings. The summed E-state index contributed by atoms with van der Waals surface area (Å²) in [6, 6.07) is 10.4. The van der Waals surface area contributed by atoms with Crippen LogP contribution in [0.4, 0.5) is 18.9 Å². The van der Waals surface area contributed by atoms with Gasteiger partial charge in [-0.05, 0) is 43.3 Å². The summed E-state index contributed by atoms with van der Waals surface area (Å²) in [7, 11) is 3.34. The molecule has 0 aliphatic heterocycles. The van der Waals surface area contributed by atoms with Gasteiger partial charge in [0.15, 0.2) is 0 Å². The zero-order chi connectivity index (χ0) is 23.1. The van der Waals surface area contributed by atoms with Crippen LogP contribution in [0.3, 0.4) is 0 Å². The number of fused-ring (bicyclic) bond motifs is 1. The van der Waals surface area contributed by atoms with Crippen LogP contribution in [0.1, 0.15) is 12.5 Å². The van der Waals surface area contributed by atoms with Crippen LogP contribution < -0.4 is 4.74 Å². The number of oxime groups is 1. The highest BCUT2D eigenvalue weighted by molar-refractivity contribution is 5.87. The van der Waals surface area contributed by atoms with E-state index in [2.05, 4.69) is 15.1 Å². The minimum Gasteiger partial charge on any atom is -0.487 e. The Hall–Kier alpha value is -3.56. The van der Waals surface area contributed by atoms with Crippen LogP contribution in [0.5, 0.6) is 5.75 Å². The number of aliphatic imine (C=N–C) groups is 1. The van der Waals surface area contributed by atoms with Gasteiger partial charge < -0.3 is 19.0 Å². The summed E-state index contributed by atoms with van der Waals surface area (Å²) in [4.78, 5) is 15.7. The van der Waals surface area contributed by atoms with Crippen molar-refractivity contribution in [3.63, 3.8) is 0 Å². The molecule has 0 spiro atoms. The van der Waals surface area contributed by atoms with E-state index in [1.807, 2.05) is 41.6 Å². The third-order valence-corrected chi connectivity index (χ3v) is 4.65. The van der Waals surface area contributed by atoms with Gasteiger partial charge in [0.2, 0.25) is 0 Å². The van der Waals surface area contributed by atoms with Gasteiger partial charge in [-0.3, -0.25) is 0 Å². The third-order valence-electron chi connectivity index (χ3n) is 4.65. The Morgan fingerprint density at radius 1 is 1.22 bits per heavy atom. The molecule has 2 aromatic carbocycles. The molecule has 1 aromatic heterocycles. The van der Waals surface area contributed by atoms with Gasteiger partial charge in [-0.15, -0.1) is 0 Å². The topological polar surface area (TPSA) is 64.2 Å². The van der Waals surface area contributed by atoms with Gasteiger partial charge in [-0.25, -0.2) is 9.98 Å². The Kier molecular flexibility index (Phi) is 7.34. The lowest BCUT2D eigenvalue weighted by Gasteiger charge is -2.12. The predicted octanol–water partition coefficient (Wildman–Crippen LogP) is 4.75. The molecule has 0 saturated heterocycles. The molecule has 0 saturated carbocycles. The molecule has 3 aromatic rings. The van der Waals surface area contributed by atoms with E-state index >= 15 is 0 Å². The van der Waals surface area contributed by atoms with Crippen LogP contribution in [-0.4, -0.2) is 53.8 Å². The van der Waals surface area contributed by atoms with Gasteiger partial charge in [-0.1, -0.05) is 11.2 Å². The average Bonchev–Trinajstić information content (AvgIpc) is 3.17. The molecule has 1 heterocycles. The fourth-order valence-electron chi connectivity index (χ4n) is 2.86. The van der Waals surface area contributed by atoms with Gasteiger partial charge in [0.05, 0.1) is 41.5 Å². The smallest absolute Gasteiger partial charge is 0.416 e. The first-order chi connectivity index (χ1) is 15.3. The molecule has 0 N–H and O–H groups in total. The highest BCUT2D eigenvalue weighted by atomic mass is 19.4. The minimum absolute atomic E-state index is 0.0411. The van der Waals surface area contributed by atoms with E-state index in [1.165, 1.54) is 19.2 Å². The summed E-state index contributed by atoms with van der Waals surface area (Å²) >= 11 is 0. The Labute approximate surface area is 183 Å². The molecule has 0 atom stereocenters. The van der Waals surface area contributed by atoms with E-state index in [-0.39, 0.29) is 12.4 Å². The van der Waals surface area contributed by atoms with Crippen molar-refractivity contribution in [1.82, 2.24) is 14.5 Å². The van der Waals surface area contributed by atoms with Crippen LogP contribution in [0, 0.1) is 0 Å². The number of ether oxygens (including phenoxy) is 1. The summed E-state index contributed by atoms with van der Waals surface area (Å²) in [5.74, 6) is 0.0960. The Morgan fingerprint density at radius 3 is 2.75 bits per heavy atom. The number of alkyl halides is 3. The lowest BCUT2D eigenvalue weighted by molar-refractivity contribution is -0.137. The van der Waals surface area contributed by atoms with Crippen molar-refractivity contribution in [2.45, 2.75) is 19.6 Å². The molecule has 0 amide bonds. The normalized spacial score (nSPS) is 12.5. The quantitative estimate of drug-likeness (QED) is 0.270. The van der Waals surface area contributed by atoms with Crippen LogP contribution >= 0.6 is 0 Å². The van der Waals surface area contributed by atoms with Crippen molar-refractivity contribution in [3.05, 3.63) is 54.4 Å². The van der Waals surface area contributed by atoms with Crippen molar-refractivity contribution in [2.24, 2.45) is 10.1 Å². The van der Waals surface area contributed by atoms with Gasteiger partial charge >= 0.3 is 6.18 Å². The van der Waals surface area contributed by atoms with E-state index in [1.54, 1.807) is 12.7 Å². The molecule has 0 aliphatic rings. The first kappa shape index (κ1) is 23.1. The van der Waals surface area contributed by atoms with E-state index in [9.17, 15) is 13.2 Å². The molecule has 3 rings (SSSR count). The molecular formula is C22H24F3N5O2. The lowest BCUT2D eigenvalue weighted by atomic mass is 10.2. The third kappa shape index (κ3) is 5.99. The number of hydrogen-bond donors (Lipinski definition) is 0. The first-order valence-corrected chi connectivity index (χ1v) is 9.88. The maximum Gasteiger partial charge on any atom is 0.416 e. The van der Waals surface area contributed by atoms with Gasteiger partial charge in [-0.2, -0.15) is 13.2 Å². The number of imidazole rings is 1. The zero-order valence-corrected chi connectivity index (χ0v) is 18.0. The van der Waals surface area contributed by atoms with Crippen molar-refractivity contribution in [3.8, 4) is 5.75 Å². The SMILES string of the molecule is CCN(C)C=Nc1ccc2c(c1)ncn2C/C(COc1cccc(C(F)(F)F)c1)=N/OC. The summed E-state index contributed by atoms with van der Waals surface area (Å²) in [5.41, 5.74) is 2.10. The van der Waals surface area contributed by atoms with E-state index in [0.29, 0.717) is 12.3 Å². The van der Waals surface area contributed by atoms with Crippen molar-refractivity contribution in [2.75, 3.05) is 27.3 Å². The standard InChI is InChI=1S/C22H24F3N5O2/c1-4-29(2)14-26-17-8-9-21-20(11-17)27-15-30(21)12-18(28-31-3)13-32-19-7-5-6-16(10-19)22(23,24)25/h5-11,14-15H,4,12-13H2,1-3H3/b26-14?,28-18-. The number of aromatic nitrogens is 2. The van der Waals surface area contributed by atoms with Crippen LogP contribution in [0.15, 0.2) is 58.9 Å². The van der Waals surface area contributed by atoms with E-state index < -0.39 is 11.7 Å². The highest BCUT2D eigenvalue weighted by Gasteiger charge is 2.30. The van der Waals surface area contributed by atoms with Gasteiger partial charge in [0.25, 0.3) is 0 Å². The number of halogens is 3. The largest absolute Gasteiger partial charge is 0.487 e. The Morgan fingerprint density at radius 2 is 2.03 bits per heavy atom. The van der Waals surface area contributed by atoms with E-state index in [0.717, 1.165) is 35.4 Å². The van der Waals surface area contributed by atoms with Gasteiger partial charge in [0.1, 0.15) is 25.2 Å². The fourth-order valence-corrected chi connectivity index (χ4v) is 2.86. The first-order valence-electron chi connectivity index (χ1n) is 9.88. The van der Waals surface area contributed by atoms with Gasteiger partial charge in [0, 0.05) is 13.6 Å². The van der Waals surface area contributed by atoms with Crippen LogP contribution in [0.25, 0.3) is 11.0 Å². The summed E-state index contributed by atoms with van der Waals surface area (Å²) in [6.07, 6.45) is -1.02. The maximum atomic E-state index is 12.9. The van der Waals surface area contributed by atoms with Crippen LogP contribution in [-0.2, 0) is 17.6 Å². The molecule has 0 unspecified atom stereocenters. The molecule has 0 aliphatic carbocycles. The number of benzene rings is 2. The average molecular weight is 447 g/mol. The van der Waals surface area contributed by atoms with Crippen molar-refractivity contribution in [1.29, 1.82) is 0 Å². The molecule has 0 radical (unpaired) electrons. The second kappa shape index (κ2) is 10.2. The number of nitrogens with zero attached hydrogens (tertiary/aromatic N) is 5. The molecule has 10 heteroatoms. The molecule has 0 bridgehead atoms. The summed E-state index contributed by atoms with van der Waals surface area (Å²) in [5, 5.41) is 3.96. The molecular weight excluding hydrogens is 423 g/mol. The Balaban J connectivity index is 1.72. The molecule has 170 valence electrons. The lowest BCUT2D eigenvalue weighted by Crippen LogP contribution is -2.18. The number of hydrogen-bond acceptors (Lipinski definition) is 5. The van der Waals surface area contributed by atoms with Crippen molar-refractivity contribution < 1.29 is 22.7 Å². The second-order valence-corrected chi connectivity index (χ2v) is 7.02. The summed E-state index contributed by atoms with van der Waals surface area (Å²) < 4.78 is 46.1. The predicted molar refractivity (Wildman–Crippen MR) is 118 cm³/mol. The molecule has 32 heavy (non-hydrogen) atoms. The number of rotatable bonds is 9. The van der Waals surface area contributed by atoms with Crippen LogP contribution in [0.2, 0.25) is 0 Å².